The van der Waals surface area contributed by atoms with E-state index in [-0.39, 0.29) is 24.7 Å². The Bertz CT molecular complexity index is 1180. The lowest BCUT2D eigenvalue weighted by atomic mass is 10.1. The molecule has 2 aromatic heterocycles. The highest BCUT2D eigenvalue weighted by Crippen LogP contribution is 2.30. The molecule has 0 saturated heterocycles. The van der Waals surface area contributed by atoms with Gasteiger partial charge in [-0.25, -0.2) is 0 Å². The zero-order valence-corrected chi connectivity index (χ0v) is 17.1. The van der Waals surface area contributed by atoms with Gasteiger partial charge in [0.1, 0.15) is 16.4 Å². The maximum atomic E-state index is 12.5. The lowest BCUT2D eigenvalue weighted by molar-refractivity contribution is -0.116. The molecule has 0 saturated carbocycles. The molecular formula is C22H20N4O3S. The van der Waals surface area contributed by atoms with Crippen LogP contribution in [0.5, 0.6) is 5.75 Å². The van der Waals surface area contributed by atoms with Crippen LogP contribution < -0.4 is 15.4 Å². The topological polar surface area (TPSA) is 96.1 Å². The predicted octanol–water partition coefficient (Wildman–Crippen LogP) is 4.00. The zero-order chi connectivity index (χ0) is 20.9. The minimum Gasteiger partial charge on any atom is -0.495 e. The first-order valence-electron chi connectivity index (χ1n) is 9.36. The van der Waals surface area contributed by atoms with Gasteiger partial charge < -0.3 is 15.4 Å². The number of benzene rings is 2. The molecule has 0 aliphatic carbocycles. The molecule has 4 rings (SSSR count). The van der Waals surface area contributed by atoms with Gasteiger partial charge in [-0.3, -0.25) is 14.7 Å². The molecule has 7 nitrogen and oxygen atoms in total. The van der Waals surface area contributed by atoms with Crippen molar-refractivity contribution in [1.82, 2.24) is 10.2 Å². The van der Waals surface area contributed by atoms with Crippen molar-refractivity contribution in [3.63, 3.8) is 0 Å². The van der Waals surface area contributed by atoms with E-state index in [0.29, 0.717) is 17.3 Å². The second-order valence-electron chi connectivity index (χ2n) is 6.67. The second-order valence-corrected chi connectivity index (χ2v) is 7.78. The number of methoxy groups -OCH3 is 1. The number of aromatic amines is 1. The van der Waals surface area contributed by atoms with Crippen LogP contribution in [0.4, 0.5) is 11.5 Å². The van der Waals surface area contributed by atoms with E-state index in [1.807, 2.05) is 48.5 Å². The average Bonchev–Trinajstić information content (AvgIpc) is 3.30. The first-order chi connectivity index (χ1) is 14.6. The van der Waals surface area contributed by atoms with Crippen molar-refractivity contribution < 1.29 is 14.3 Å². The van der Waals surface area contributed by atoms with E-state index in [0.717, 1.165) is 20.7 Å². The van der Waals surface area contributed by atoms with E-state index in [9.17, 15) is 9.59 Å². The van der Waals surface area contributed by atoms with Gasteiger partial charge in [-0.15, -0.1) is 11.3 Å². The fraction of sp³-hybridized carbons (Fsp3) is 0.136. The molecule has 0 aliphatic heterocycles. The molecule has 2 amide bonds. The Labute approximate surface area is 177 Å². The van der Waals surface area contributed by atoms with E-state index >= 15 is 0 Å². The number of anilines is 2. The van der Waals surface area contributed by atoms with Gasteiger partial charge in [-0.2, -0.15) is 5.10 Å². The van der Waals surface area contributed by atoms with Crippen LogP contribution >= 0.6 is 11.3 Å². The van der Waals surface area contributed by atoms with E-state index < -0.39 is 0 Å². The third-order valence-electron chi connectivity index (χ3n) is 4.49. The summed E-state index contributed by atoms with van der Waals surface area (Å²) in [6.45, 7) is 0. The molecule has 2 heterocycles. The highest BCUT2D eigenvalue weighted by molar-refractivity contribution is 7.18. The number of fused-ring (bicyclic) bond motifs is 1. The van der Waals surface area contributed by atoms with Crippen LogP contribution in [0, 0.1) is 0 Å². The maximum absolute atomic E-state index is 12.5. The normalized spacial score (nSPS) is 10.7. The molecule has 30 heavy (non-hydrogen) atoms. The minimum absolute atomic E-state index is 0.131. The van der Waals surface area contributed by atoms with Crippen molar-refractivity contribution in [2.75, 3.05) is 17.7 Å². The summed E-state index contributed by atoms with van der Waals surface area (Å²) in [6, 6.07) is 18.7. The summed E-state index contributed by atoms with van der Waals surface area (Å²) in [6.07, 6.45) is 0.482. The van der Waals surface area contributed by atoms with Gasteiger partial charge >= 0.3 is 0 Å². The number of aromatic nitrogens is 2. The van der Waals surface area contributed by atoms with Crippen LogP contribution in [-0.4, -0.2) is 29.1 Å². The zero-order valence-electron chi connectivity index (χ0n) is 16.3. The van der Waals surface area contributed by atoms with Gasteiger partial charge in [0.15, 0.2) is 0 Å². The number of H-pyrrole nitrogens is 1. The summed E-state index contributed by atoms with van der Waals surface area (Å²) in [5.74, 6) is 0.865. The number of hydrogen-bond acceptors (Lipinski definition) is 5. The molecule has 0 aliphatic rings. The molecule has 0 fully saturated rings. The van der Waals surface area contributed by atoms with Crippen molar-refractivity contribution in [3.8, 4) is 5.75 Å². The smallest absolute Gasteiger partial charge is 0.229 e. The van der Waals surface area contributed by atoms with Gasteiger partial charge in [-0.05, 0) is 23.8 Å². The number of rotatable bonds is 7. The van der Waals surface area contributed by atoms with Crippen LogP contribution in [0.2, 0.25) is 0 Å². The van der Waals surface area contributed by atoms with E-state index in [2.05, 4.69) is 20.8 Å². The third-order valence-corrected chi connectivity index (χ3v) is 5.52. The van der Waals surface area contributed by atoms with Crippen molar-refractivity contribution in [1.29, 1.82) is 0 Å². The van der Waals surface area contributed by atoms with Gasteiger partial charge in [0.2, 0.25) is 11.8 Å². The number of ether oxygens (including phenoxy) is 1. The van der Waals surface area contributed by atoms with E-state index in [1.54, 1.807) is 19.2 Å². The fourth-order valence-corrected chi connectivity index (χ4v) is 4.10. The first-order valence-corrected chi connectivity index (χ1v) is 10.2. The number of hydrogen-bond donors (Lipinski definition) is 3. The molecule has 3 N–H and O–H groups in total. The highest BCUT2D eigenvalue weighted by atomic mass is 32.1. The first kappa shape index (κ1) is 19.7. The Morgan fingerprint density at radius 3 is 2.53 bits per heavy atom. The molecular weight excluding hydrogens is 400 g/mol. The molecule has 0 unspecified atom stereocenters. The lowest BCUT2D eigenvalue weighted by Crippen LogP contribution is -2.15. The SMILES string of the molecule is COc1ccccc1NC(=O)Cc1cc2c(NC(=O)Cc3ccccc3)[nH]nc2s1. The molecule has 0 spiro atoms. The number of carbonyl (C=O) groups excluding carboxylic acids is 2. The average molecular weight is 420 g/mol. The monoisotopic (exact) mass is 420 g/mol. The minimum atomic E-state index is -0.151. The summed E-state index contributed by atoms with van der Waals surface area (Å²) in [4.78, 5) is 26.4. The number of amides is 2. The largest absolute Gasteiger partial charge is 0.495 e. The van der Waals surface area contributed by atoms with Crippen LogP contribution in [-0.2, 0) is 22.4 Å². The Morgan fingerprint density at radius 2 is 1.73 bits per heavy atom. The van der Waals surface area contributed by atoms with Gasteiger partial charge in [0.05, 0.1) is 31.0 Å². The van der Waals surface area contributed by atoms with Crippen LogP contribution in [0.1, 0.15) is 10.4 Å². The van der Waals surface area contributed by atoms with Crippen molar-refractivity contribution >= 4 is 44.9 Å². The highest BCUT2D eigenvalue weighted by Gasteiger charge is 2.15. The fourth-order valence-electron chi connectivity index (χ4n) is 3.11. The lowest BCUT2D eigenvalue weighted by Gasteiger charge is -2.09. The summed E-state index contributed by atoms with van der Waals surface area (Å²) in [5, 5.41) is 13.6. The number of thiophene rings is 1. The van der Waals surface area contributed by atoms with Gasteiger partial charge in [-0.1, -0.05) is 42.5 Å². The Kier molecular flexibility index (Phi) is 5.76. The molecule has 8 heteroatoms. The molecule has 0 bridgehead atoms. The predicted molar refractivity (Wildman–Crippen MR) is 118 cm³/mol. The summed E-state index contributed by atoms with van der Waals surface area (Å²) in [5.41, 5.74) is 1.56. The molecule has 0 atom stereocenters. The van der Waals surface area contributed by atoms with Crippen LogP contribution in [0.3, 0.4) is 0 Å². The Balaban J connectivity index is 1.42. The third kappa shape index (κ3) is 4.49. The summed E-state index contributed by atoms with van der Waals surface area (Å²) >= 11 is 1.41. The van der Waals surface area contributed by atoms with Crippen LogP contribution in [0.15, 0.2) is 60.7 Å². The van der Waals surface area contributed by atoms with E-state index in [4.69, 9.17) is 4.74 Å². The quantitative estimate of drug-likeness (QED) is 0.421. The molecule has 2 aromatic carbocycles. The van der Waals surface area contributed by atoms with Crippen molar-refractivity contribution in [3.05, 3.63) is 71.1 Å². The number of nitrogens with zero attached hydrogens (tertiary/aromatic N) is 1. The Hall–Kier alpha value is -3.65. The standard InChI is InChI=1S/C22H20N4O3S/c1-29-18-10-6-5-9-17(18)23-20(28)13-15-12-16-21(25-26-22(16)30-15)24-19(27)11-14-7-3-2-4-8-14/h2-10,12H,11,13H2,1H3,(H,23,28)(H2,24,25,26,27). The molecule has 4 aromatic rings. The molecule has 152 valence electrons. The van der Waals surface area contributed by atoms with Gasteiger partial charge in [0.25, 0.3) is 0 Å². The summed E-state index contributed by atoms with van der Waals surface area (Å²) in [7, 11) is 1.56. The van der Waals surface area contributed by atoms with Crippen molar-refractivity contribution in [2.24, 2.45) is 0 Å². The number of para-hydroxylation sites is 2. The summed E-state index contributed by atoms with van der Waals surface area (Å²) < 4.78 is 5.26. The number of carbonyl (C=O) groups is 2. The Morgan fingerprint density at radius 1 is 1.00 bits per heavy atom. The van der Waals surface area contributed by atoms with E-state index in [1.165, 1.54) is 11.3 Å². The number of nitrogens with one attached hydrogen (secondary N) is 3. The van der Waals surface area contributed by atoms with Gasteiger partial charge in [0, 0.05) is 4.88 Å². The van der Waals surface area contributed by atoms with Crippen molar-refractivity contribution in [2.45, 2.75) is 12.8 Å². The maximum Gasteiger partial charge on any atom is 0.229 e. The molecule has 0 radical (unpaired) electrons. The van der Waals surface area contributed by atoms with Crippen LogP contribution in [0.25, 0.3) is 10.2 Å². The second kappa shape index (κ2) is 8.79.